The lowest BCUT2D eigenvalue weighted by molar-refractivity contribution is -0.0911. The van der Waals surface area contributed by atoms with Crippen LogP contribution in [0.25, 0.3) is 0 Å². The number of hydrogen-bond acceptors (Lipinski definition) is 4. The molecule has 2 atom stereocenters. The Kier molecular flexibility index (Phi) is 5.06. The molecule has 1 heterocycles. The average Bonchev–Trinajstić information content (AvgIpc) is 2.55. The third-order valence-electron chi connectivity index (χ3n) is 4.91. The van der Waals surface area contributed by atoms with Crippen molar-refractivity contribution in [2.45, 2.75) is 49.3 Å². The second kappa shape index (κ2) is 6.89. The fourth-order valence-electron chi connectivity index (χ4n) is 3.62. The molecular weight excluding hydrogens is 312 g/mol. The Hall–Kier alpha value is -0.950. The summed E-state index contributed by atoms with van der Waals surface area (Å²) >= 11 is 0. The minimum atomic E-state index is -3.37. The number of morpholine rings is 1. The maximum atomic E-state index is 12.3. The number of rotatable bonds is 4. The van der Waals surface area contributed by atoms with Crippen molar-refractivity contribution in [2.75, 3.05) is 27.2 Å². The fourth-order valence-corrected chi connectivity index (χ4v) is 4.59. The van der Waals surface area contributed by atoms with Gasteiger partial charge in [-0.2, -0.15) is 0 Å². The molecule has 6 heteroatoms. The molecule has 1 saturated carbocycles. The van der Waals surface area contributed by atoms with Crippen molar-refractivity contribution >= 4 is 10.0 Å². The topological polar surface area (TPSA) is 49.9 Å². The Balaban J connectivity index is 1.77. The molecule has 1 aliphatic heterocycles. The summed E-state index contributed by atoms with van der Waals surface area (Å²) in [6.07, 6.45) is 5.20. The Morgan fingerprint density at radius 3 is 2.83 bits per heavy atom. The Morgan fingerprint density at radius 2 is 2.04 bits per heavy atom. The average molecular weight is 338 g/mol. The van der Waals surface area contributed by atoms with Gasteiger partial charge in [-0.15, -0.1) is 0 Å². The highest BCUT2D eigenvalue weighted by Crippen LogP contribution is 2.29. The van der Waals surface area contributed by atoms with Gasteiger partial charge >= 0.3 is 0 Å². The van der Waals surface area contributed by atoms with Crippen molar-refractivity contribution in [3.8, 4) is 0 Å². The molecule has 23 heavy (non-hydrogen) atoms. The number of nitrogens with zero attached hydrogens (tertiary/aromatic N) is 2. The lowest BCUT2D eigenvalue weighted by Gasteiger charge is -2.43. The predicted molar refractivity (Wildman–Crippen MR) is 89.7 cm³/mol. The largest absolute Gasteiger partial charge is 0.375 e. The van der Waals surface area contributed by atoms with E-state index >= 15 is 0 Å². The Labute approximate surface area is 139 Å². The van der Waals surface area contributed by atoms with Gasteiger partial charge in [0.25, 0.3) is 0 Å². The van der Waals surface area contributed by atoms with Gasteiger partial charge in [-0.3, -0.25) is 4.90 Å². The van der Waals surface area contributed by atoms with E-state index < -0.39 is 10.0 Å². The van der Waals surface area contributed by atoms with E-state index in [1.807, 2.05) is 18.2 Å². The van der Waals surface area contributed by atoms with E-state index in [9.17, 15) is 8.42 Å². The molecule has 1 aromatic carbocycles. The second-order valence-corrected chi connectivity index (χ2v) is 8.82. The van der Waals surface area contributed by atoms with Gasteiger partial charge in [0.15, 0.2) is 0 Å². The molecule has 5 nitrogen and oxygen atoms in total. The lowest BCUT2D eigenvalue weighted by atomic mass is 9.90. The van der Waals surface area contributed by atoms with Gasteiger partial charge in [0.05, 0.1) is 17.6 Å². The van der Waals surface area contributed by atoms with E-state index in [4.69, 9.17) is 4.74 Å². The van der Waals surface area contributed by atoms with E-state index in [0.717, 1.165) is 31.7 Å². The van der Waals surface area contributed by atoms with E-state index in [1.165, 1.54) is 23.6 Å². The highest BCUT2D eigenvalue weighted by molar-refractivity contribution is 7.89. The number of ether oxygens (including phenoxy) is 1. The molecule has 1 aromatic rings. The molecule has 1 aliphatic carbocycles. The van der Waals surface area contributed by atoms with Crippen LogP contribution in [-0.2, 0) is 21.3 Å². The van der Waals surface area contributed by atoms with Gasteiger partial charge < -0.3 is 4.74 Å². The van der Waals surface area contributed by atoms with Gasteiger partial charge in [-0.05, 0) is 30.5 Å². The second-order valence-electron chi connectivity index (χ2n) is 6.67. The zero-order valence-electron chi connectivity index (χ0n) is 13.9. The number of fused-ring (bicyclic) bond motifs is 1. The molecule has 2 fully saturated rings. The van der Waals surface area contributed by atoms with Gasteiger partial charge in [0.1, 0.15) is 0 Å². The van der Waals surface area contributed by atoms with E-state index in [1.54, 1.807) is 20.2 Å². The molecule has 0 amide bonds. The molecule has 3 rings (SSSR count). The molecule has 128 valence electrons. The Bertz CT molecular complexity index is 643. The quantitative estimate of drug-likeness (QED) is 0.843. The summed E-state index contributed by atoms with van der Waals surface area (Å²) in [5.41, 5.74) is 1.05. The minimum absolute atomic E-state index is 0.353. The van der Waals surface area contributed by atoms with Gasteiger partial charge in [-0.25, -0.2) is 12.7 Å². The number of sulfonamides is 1. The highest BCUT2D eigenvalue weighted by Gasteiger charge is 2.34. The van der Waals surface area contributed by atoms with Crippen LogP contribution in [0, 0.1) is 0 Å². The van der Waals surface area contributed by atoms with Crippen molar-refractivity contribution in [3.63, 3.8) is 0 Å². The standard InChI is InChI=1S/C17H26N2O3S/c1-18(2)23(20,21)15-7-5-6-14(12-15)13-19-10-11-22-17-9-4-3-8-16(17)19/h5-7,12,16-17H,3-4,8-11,13H2,1-2H3/t16-,17+/m0/s1. The molecule has 0 spiro atoms. The summed E-state index contributed by atoms with van der Waals surface area (Å²) in [7, 11) is -0.241. The summed E-state index contributed by atoms with van der Waals surface area (Å²) in [4.78, 5) is 2.84. The maximum absolute atomic E-state index is 12.3. The predicted octanol–water partition coefficient (Wildman–Crippen LogP) is 2.08. The van der Waals surface area contributed by atoms with Crippen molar-refractivity contribution < 1.29 is 13.2 Å². The van der Waals surface area contributed by atoms with Crippen LogP contribution in [0.2, 0.25) is 0 Å². The van der Waals surface area contributed by atoms with Crippen LogP contribution in [0.5, 0.6) is 0 Å². The minimum Gasteiger partial charge on any atom is -0.375 e. The SMILES string of the molecule is CN(C)S(=O)(=O)c1cccc(CN2CCO[C@@H]3CCCC[C@@H]32)c1. The third-order valence-corrected chi connectivity index (χ3v) is 6.72. The third kappa shape index (κ3) is 3.60. The molecule has 0 radical (unpaired) electrons. The van der Waals surface area contributed by atoms with Crippen molar-refractivity contribution in [2.24, 2.45) is 0 Å². The number of hydrogen-bond donors (Lipinski definition) is 0. The van der Waals surface area contributed by atoms with Crippen molar-refractivity contribution in [1.82, 2.24) is 9.21 Å². The molecule has 0 aromatic heterocycles. The molecule has 1 saturated heterocycles. The van der Waals surface area contributed by atoms with E-state index in [2.05, 4.69) is 4.90 Å². The van der Waals surface area contributed by atoms with E-state index in [-0.39, 0.29) is 0 Å². The maximum Gasteiger partial charge on any atom is 0.242 e. The molecule has 0 bridgehead atoms. The van der Waals surface area contributed by atoms with Crippen molar-refractivity contribution in [3.05, 3.63) is 29.8 Å². The number of benzene rings is 1. The van der Waals surface area contributed by atoms with Crippen LogP contribution in [0.4, 0.5) is 0 Å². The lowest BCUT2D eigenvalue weighted by Crippen LogP contribution is -2.52. The normalized spacial score (nSPS) is 26.2. The van der Waals surface area contributed by atoms with Crippen LogP contribution in [-0.4, -0.2) is 57.0 Å². The van der Waals surface area contributed by atoms with Gasteiger partial charge in [0.2, 0.25) is 10.0 Å². The fraction of sp³-hybridized carbons (Fsp3) is 0.647. The zero-order valence-corrected chi connectivity index (χ0v) is 14.8. The first kappa shape index (κ1) is 16.9. The monoisotopic (exact) mass is 338 g/mol. The van der Waals surface area contributed by atoms with Crippen LogP contribution in [0.15, 0.2) is 29.2 Å². The molecule has 2 aliphatic rings. The smallest absolute Gasteiger partial charge is 0.242 e. The summed E-state index contributed by atoms with van der Waals surface area (Å²) in [6.45, 7) is 2.49. The first-order chi connectivity index (χ1) is 11.0. The summed E-state index contributed by atoms with van der Waals surface area (Å²) in [5, 5.41) is 0. The van der Waals surface area contributed by atoms with Crippen molar-refractivity contribution in [1.29, 1.82) is 0 Å². The van der Waals surface area contributed by atoms with Crippen LogP contribution < -0.4 is 0 Å². The van der Waals surface area contributed by atoms with Crippen LogP contribution >= 0.6 is 0 Å². The summed E-state index contributed by atoms with van der Waals surface area (Å²) in [5.74, 6) is 0. The zero-order chi connectivity index (χ0) is 16.4. The van der Waals surface area contributed by atoms with Crippen LogP contribution in [0.3, 0.4) is 0 Å². The van der Waals surface area contributed by atoms with E-state index in [0.29, 0.717) is 17.0 Å². The first-order valence-corrected chi connectivity index (χ1v) is 9.79. The molecular formula is C17H26N2O3S. The van der Waals surface area contributed by atoms with Gasteiger partial charge in [0, 0.05) is 33.2 Å². The highest BCUT2D eigenvalue weighted by atomic mass is 32.2. The molecule has 0 unspecified atom stereocenters. The van der Waals surface area contributed by atoms with Crippen LogP contribution in [0.1, 0.15) is 31.2 Å². The first-order valence-electron chi connectivity index (χ1n) is 8.35. The summed E-state index contributed by atoms with van der Waals surface area (Å²) < 4.78 is 31.8. The Morgan fingerprint density at radius 1 is 1.26 bits per heavy atom. The van der Waals surface area contributed by atoms with Gasteiger partial charge in [-0.1, -0.05) is 25.0 Å². The summed E-state index contributed by atoms with van der Waals surface area (Å²) in [6, 6.07) is 7.81. The molecule has 0 N–H and O–H groups in total.